The minimum absolute atomic E-state index is 1.21. The number of rotatable bonds is 2. The maximum atomic E-state index is 2.50. The minimum atomic E-state index is 1.21. The van der Waals surface area contributed by atoms with Crippen molar-refractivity contribution in [2.75, 3.05) is 0 Å². The quantitative estimate of drug-likeness (QED) is 0.175. The van der Waals surface area contributed by atoms with Gasteiger partial charge in [-0.25, -0.2) is 0 Å². The normalized spacial score (nSPS) is 11.8. The van der Waals surface area contributed by atoms with Crippen LogP contribution in [-0.4, -0.2) is 4.40 Å². The van der Waals surface area contributed by atoms with Gasteiger partial charge in [-0.1, -0.05) is 109 Å². The van der Waals surface area contributed by atoms with Crippen LogP contribution in [0.1, 0.15) is 0 Å². The number of nitrogens with zero attached hydrogens (tertiary/aromatic N) is 1. The smallest absolute Gasteiger partial charge is 0.0620 e. The van der Waals surface area contributed by atoms with Crippen molar-refractivity contribution in [3.63, 3.8) is 0 Å². The van der Waals surface area contributed by atoms with Crippen LogP contribution >= 0.6 is 0 Å². The number of hydrogen-bond donors (Lipinski definition) is 0. The molecule has 0 unspecified atom stereocenters. The average Bonchev–Trinajstić information content (AvgIpc) is 3.38. The second-order valence-electron chi connectivity index (χ2n) is 9.82. The molecule has 0 radical (unpaired) electrons. The largest absolute Gasteiger partial charge is 0.308 e. The Balaban J connectivity index is 1.68. The lowest BCUT2D eigenvalue weighted by atomic mass is 9.96. The molecule has 172 valence electrons. The Labute approximate surface area is 214 Å². The molecule has 0 amide bonds. The van der Waals surface area contributed by atoms with Gasteiger partial charge in [-0.15, -0.1) is 0 Å². The Kier molecular flexibility index (Phi) is 4.29. The lowest BCUT2D eigenvalue weighted by molar-refractivity contribution is 1.29. The molecule has 2 heterocycles. The van der Waals surface area contributed by atoms with E-state index >= 15 is 0 Å². The van der Waals surface area contributed by atoms with Crippen LogP contribution in [0.3, 0.4) is 0 Å². The molecular weight excluding hydrogens is 446 g/mol. The average molecular weight is 470 g/mol. The number of aromatic nitrogens is 1. The maximum Gasteiger partial charge on any atom is 0.0620 e. The van der Waals surface area contributed by atoms with Crippen LogP contribution in [0.15, 0.2) is 140 Å². The van der Waals surface area contributed by atoms with E-state index in [9.17, 15) is 0 Å². The van der Waals surface area contributed by atoms with Crippen LogP contribution in [0.25, 0.3) is 71.1 Å². The molecule has 0 saturated carbocycles. The molecule has 0 fully saturated rings. The number of pyridine rings is 1. The third-order valence-electron chi connectivity index (χ3n) is 7.69. The molecule has 2 aromatic heterocycles. The first kappa shape index (κ1) is 20.3. The van der Waals surface area contributed by atoms with Gasteiger partial charge in [0.25, 0.3) is 0 Å². The van der Waals surface area contributed by atoms with Crippen LogP contribution in [0, 0.1) is 0 Å². The Morgan fingerprint density at radius 2 is 0.865 bits per heavy atom. The molecule has 0 atom stereocenters. The Morgan fingerprint density at radius 3 is 1.49 bits per heavy atom. The maximum absolute atomic E-state index is 2.50. The summed E-state index contributed by atoms with van der Waals surface area (Å²) < 4.78 is 2.50. The third-order valence-corrected chi connectivity index (χ3v) is 7.69. The second-order valence-corrected chi connectivity index (χ2v) is 9.82. The summed E-state index contributed by atoms with van der Waals surface area (Å²) in [6.45, 7) is 0. The van der Waals surface area contributed by atoms with Crippen molar-refractivity contribution in [2.45, 2.75) is 0 Å². The zero-order chi connectivity index (χ0) is 24.3. The summed E-state index contributed by atoms with van der Waals surface area (Å²) in [6, 6.07) is 50.9. The lowest BCUT2D eigenvalue weighted by Crippen LogP contribution is -1.95. The van der Waals surface area contributed by atoms with Gasteiger partial charge in [0.15, 0.2) is 0 Å². The van der Waals surface area contributed by atoms with Crippen LogP contribution in [0.5, 0.6) is 0 Å². The highest BCUT2D eigenvalue weighted by Crippen LogP contribution is 2.42. The van der Waals surface area contributed by atoms with Gasteiger partial charge in [0.1, 0.15) is 0 Å². The van der Waals surface area contributed by atoms with Crippen LogP contribution in [0.2, 0.25) is 0 Å². The van der Waals surface area contributed by atoms with E-state index in [4.69, 9.17) is 0 Å². The molecule has 0 N–H and O–H groups in total. The predicted molar refractivity (Wildman–Crippen MR) is 158 cm³/mol. The fraction of sp³-hybridized carbons (Fsp3) is 0. The van der Waals surface area contributed by atoms with E-state index in [2.05, 4.69) is 144 Å². The fourth-order valence-electron chi connectivity index (χ4n) is 5.97. The van der Waals surface area contributed by atoms with Crippen molar-refractivity contribution in [2.24, 2.45) is 0 Å². The van der Waals surface area contributed by atoms with E-state index in [0.717, 1.165) is 0 Å². The lowest BCUT2D eigenvalue weighted by Gasteiger charge is -2.15. The highest BCUT2D eigenvalue weighted by atomic mass is 14.9. The molecular formula is C36H23N. The molecule has 1 nitrogen and oxygen atoms in total. The zero-order valence-corrected chi connectivity index (χ0v) is 20.2. The van der Waals surface area contributed by atoms with Gasteiger partial charge in [-0.2, -0.15) is 0 Å². The Hall–Kier alpha value is -4.88. The highest BCUT2D eigenvalue weighted by Gasteiger charge is 2.19. The Bertz CT molecular complexity index is 1960. The van der Waals surface area contributed by atoms with Gasteiger partial charge in [0.2, 0.25) is 0 Å². The monoisotopic (exact) mass is 469 g/mol. The van der Waals surface area contributed by atoms with Crippen molar-refractivity contribution in [3.8, 4) is 22.4 Å². The van der Waals surface area contributed by atoms with Gasteiger partial charge >= 0.3 is 0 Å². The number of fused-ring (bicyclic) bond motifs is 8. The van der Waals surface area contributed by atoms with E-state index in [1.54, 1.807) is 0 Å². The van der Waals surface area contributed by atoms with Crippen molar-refractivity contribution < 1.29 is 0 Å². The predicted octanol–water partition coefficient (Wildman–Crippen LogP) is 9.89. The topological polar surface area (TPSA) is 4.41 Å². The van der Waals surface area contributed by atoms with Crippen molar-refractivity contribution in [1.29, 1.82) is 0 Å². The second kappa shape index (κ2) is 7.81. The first-order valence-electron chi connectivity index (χ1n) is 12.8. The molecule has 6 aromatic carbocycles. The van der Waals surface area contributed by atoms with Gasteiger partial charge in [-0.3, -0.25) is 0 Å². The molecule has 0 spiro atoms. The molecule has 0 saturated heterocycles. The summed E-state index contributed by atoms with van der Waals surface area (Å²) in [4.78, 5) is 0. The molecule has 1 heteroatoms. The molecule has 0 aliphatic heterocycles. The third kappa shape index (κ3) is 3.04. The van der Waals surface area contributed by atoms with Crippen LogP contribution in [-0.2, 0) is 0 Å². The fourth-order valence-corrected chi connectivity index (χ4v) is 5.97. The summed E-state index contributed by atoms with van der Waals surface area (Å²) >= 11 is 0. The van der Waals surface area contributed by atoms with E-state index < -0.39 is 0 Å². The zero-order valence-electron chi connectivity index (χ0n) is 20.2. The summed E-state index contributed by atoms with van der Waals surface area (Å²) in [6.07, 6.45) is 0. The van der Waals surface area contributed by atoms with Gasteiger partial charge < -0.3 is 4.40 Å². The molecule has 0 aliphatic rings. The van der Waals surface area contributed by atoms with Crippen molar-refractivity contribution in [3.05, 3.63) is 140 Å². The number of hydrogen-bond acceptors (Lipinski definition) is 0. The van der Waals surface area contributed by atoms with Gasteiger partial charge in [0.05, 0.1) is 16.7 Å². The standard InChI is InChI=1S/C36H23N/c1-3-11-24(12-4-1)30-23-34(25-13-5-2-6-14-25)37-35-22-29-18-10-9-16-27(29)20-32(35)31-19-26-15-7-8-17-28(26)21-33(31)36(30)37/h1-23H. The minimum Gasteiger partial charge on any atom is -0.308 e. The molecule has 37 heavy (non-hydrogen) atoms. The van der Waals surface area contributed by atoms with Gasteiger partial charge in [-0.05, 0) is 68.4 Å². The molecule has 8 aromatic rings. The van der Waals surface area contributed by atoms with E-state index in [1.165, 1.54) is 71.1 Å². The van der Waals surface area contributed by atoms with Crippen molar-refractivity contribution >= 4 is 48.7 Å². The van der Waals surface area contributed by atoms with Crippen molar-refractivity contribution in [1.82, 2.24) is 4.40 Å². The molecule has 8 rings (SSSR count). The van der Waals surface area contributed by atoms with Crippen LogP contribution in [0.4, 0.5) is 0 Å². The Morgan fingerprint density at radius 1 is 0.378 bits per heavy atom. The number of benzene rings is 6. The SMILES string of the molecule is c1ccc(-c2cc(-c3ccccc3)n3c4cc5ccccc5cc4c4cc5ccccc5cc4c23)cc1. The van der Waals surface area contributed by atoms with Gasteiger partial charge in [0, 0.05) is 16.3 Å². The molecule has 0 bridgehead atoms. The summed E-state index contributed by atoms with van der Waals surface area (Å²) in [5.41, 5.74) is 7.41. The molecule has 0 aliphatic carbocycles. The van der Waals surface area contributed by atoms with Crippen LogP contribution < -0.4 is 0 Å². The van der Waals surface area contributed by atoms with E-state index in [1.807, 2.05) is 0 Å². The summed E-state index contributed by atoms with van der Waals surface area (Å²) in [5.74, 6) is 0. The van der Waals surface area contributed by atoms with E-state index in [0.29, 0.717) is 0 Å². The first-order valence-corrected chi connectivity index (χ1v) is 12.8. The summed E-state index contributed by atoms with van der Waals surface area (Å²) in [5, 5.41) is 8.90. The summed E-state index contributed by atoms with van der Waals surface area (Å²) in [7, 11) is 0. The van der Waals surface area contributed by atoms with E-state index in [-0.39, 0.29) is 0 Å². The highest BCUT2D eigenvalue weighted by molar-refractivity contribution is 6.21. The first-order chi connectivity index (χ1) is 18.3.